The third kappa shape index (κ3) is 8.21. The highest BCUT2D eigenvalue weighted by Gasteiger charge is 2.25. The van der Waals surface area contributed by atoms with E-state index in [1.807, 2.05) is 26.0 Å². The van der Waals surface area contributed by atoms with Crippen LogP contribution in [0.2, 0.25) is 0 Å². The number of esters is 1. The number of carbonyl (C=O) groups is 3. The van der Waals surface area contributed by atoms with Gasteiger partial charge in [-0.2, -0.15) is 0 Å². The van der Waals surface area contributed by atoms with E-state index in [0.717, 1.165) is 17.2 Å². The van der Waals surface area contributed by atoms with Gasteiger partial charge in [-0.15, -0.1) is 5.10 Å². The lowest BCUT2D eigenvalue weighted by Crippen LogP contribution is -2.49. The minimum absolute atomic E-state index is 0.0135. The van der Waals surface area contributed by atoms with Gasteiger partial charge in [-0.3, -0.25) is 4.79 Å². The Hall–Kier alpha value is -5.06. The summed E-state index contributed by atoms with van der Waals surface area (Å²) in [5.74, 6) is -2.07. The van der Waals surface area contributed by atoms with E-state index in [4.69, 9.17) is 9.47 Å². The Morgan fingerprint density at radius 1 is 0.902 bits per heavy atom. The minimum atomic E-state index is -1.27. The number of aromatic nitrogens is 3. The van der Waals surface area contributed by atoms with Crippen molar-refractivity contribution < 1.29 is 28.2 Å². The van der Waals surface area contributed by atoms with Crippen LogP contribution in [0.4, 0.5) is 9.18 Å². The number of hydrogen-bond acceptors (Lipinski definition) is 7. The second-order valence-electron chi connectivity index (χ2n) is 9.45. The van der Waals surface area contributed by atoms with Crippen molar-refractivity contribution in [3.63, 3.8) is 0 Å². The van der Waals surface area contributed by atoms with Crippen LogP contribution in [-0.2, 0) is 27.5 Å². The highest BCUT2D eigenvalue weighted by molar-refractivity contribution is 5.96. The quantitative estimate of drug-likeness (QED) is 0.261. The topological polar surface area (TPSA) is 124 Å². The first-order valence-corrected chi connectivity index (χ1v) is 13.0. The lowest BCUT2D eigenvalue weighted by molar-refractivity contribution is -0.147. The number of benzene rings is 3. The number of halogens is 1. The monoisotopic (exact) mass is 559 g/mol. The molecule has 0 aliphatic carbocycles. The number of alkyl carbamates (subject to hydrolysis) is 1. The second-order valence-corrected chi connectivity index (χ2v) is 9.45. The third-order valence-corrected chi connectivity index (χ3v) is 6.00. The first-order valence-electron chi connectivity index (χ1n) is 13.0. The fraction of sp³-hybridized carbons (Fsp3) is 0.233. The van der Waals surface area contributed by atoms with Crippen LogP contribution in [0.15, 0.2) is 85.1 Å². The molecular formula is C30H30FN5O5. The Morgan fingerprint density at radius 3 is 2.17 bits per heavy atom. The molecule has 0 aliphatic rings. The van der Waals surface area contributed by atoms with Gasteiger partial charge < -0.3 is 20.1 Å². The Balaban J connectivity index is 1.44. The van der Waals surface area contributed by atoms with Gasteiger partial charge in [-0.1, -0.05) is 65.9 Å². The maximum absolute atomic E-state index is 14.5. The van der Waals surface area contributed by atoms with Crippen molar-refractivity contribution >= 4 is 18.0 Å². The third-order valence-electron chi connectivity index (χ3n) is 6.00. The summed E-state index contributed by atoms with van der Waals surface area (Å²) in [4.78, 5) is 38.5. The van der Waals surface area contributed by atoms with Gasteiger partial charge in [0.25, 0.3) is 5.91 Å². The van der Waals surface area contributed by atoms with E-state index in [1.54, 1.807) is 53.2 Å². The van der Waals surface area contributed by atoms with Crippen molar-refractivity contribution in [2.75, 3.05) is 6.54 Å². The van der Waals surface area contributed by atoms with E-state index in [2.05, 4.69) is 20.9 Å². The molecule has 4 aromatic rings. The molecule has 0 aliphatic heterocycles. The molecule has 0 unspecified atom stereocenters. The predicted molar refractivity (Wildman–Crippen MR) is 148 cm³/mol. The summed E-state index contributed by atoms with van der Waals surface area (Å²) in [6.07, 6.45) is 0.618. The van der Waals surface area contributed by atoms with Gasteiger partial charge in [0.15, 0.2) is 0 Å². The Morgan fingerprint density at radius 2 is 1.54 bits per heavy atom. The molecule has 1 heterocycles. The average molecular weight is 560 g/mol. The zero-order chi connectivity index (χ0) is 29.2. The largest absolute Gasteiger partial charge is 0.459 e. The molecule has 11 heteroatoms. The molecule has 3 aromatic carbocycles. The van der Waals surface area contributed by atoms with E-state index < -0.39 is 29.8 Å². The summed E-state index contributed by atoms with van der Waals surface area (Å²) < 4.78 is 26.7. The van der Waals surface area contributed by atoms with Crippen LogP contribution in [-0.4, -0.2) is 45.6 Å². The first kappa shape index (κ1) is 28.9. The highest BCUT2D eigenvalue weighted by Crippen LogP contribution is 2.23. The molecule has 4 rings (SSSR count). The van der Waals surface area contributed by atoms with Crippen LogP contribution in [0.3, 0.4) is 0 Å². The van der Waals surface area contributed by atoms with Crippen molar-refractivity contribution in [2.24, 2.45) is 0 Å². The Labute approximate surface area is 236 Å². The summed E-state index contributed by atoms with van der Waals surface area (Å²) in [6, 6.07) is 20.6. The molecule has 0 radical (unpaired) electrons. The molecule has 0 saturated heterocycles. The second kappa shape index (κ2) is 13.8. The zero-order valence-corrected chi connectivity index (χ0v) is 22.6. The molecule has 212 valence electrons. The van der Waals surface area contributed by atoms with Crippen molar-refractivity contribution in [3.8, 4) is 11.3 Å². The van der Waals surface area contributed by atoms with Crippen molar-refractivity contribution in [1.29, 1.82) is 0 Å². The van der Waals surface area contributed by atoms with Gasteiger partial charge in [0.1, 0.15) is 25.1 Å². The molecule has 0 fully saturated rings. The Bertz CT molecular complexity index is 1480. The lowest BCUT2D eigenvalue weighted by Gasteiger charge is -2.18. The lowest BCUT2D eigenvalue weighted by atomic mass is 10.1. The number of hydrogen-bond donors (Lipinski definition) is 2. The molecule has 2 amide bonds. The molecular weight excluding hydrogens is 529 g/mol. The number of carbonyl (C=O) groups excluding carboxylic acids is 3. The van der Waals surface area contributed by atoms with Crippen LogP contribution in [0.5, 0.6) is 0 Å². The normalized spacial score (nSPS) is 11.5. The number of amides is 2. The van der Waals surface area contributed by atoms with Gasteiger partial charge in [-0.25, -0.2) is 18.7 Å². The van der Waals surface area contributed by atoms with Crippen molar-refractivity contribution in [1.82, 2.24) is 25.6 Å². The maximum atomic E-state index is 14.5. The highest BCUT2D eigenvalue weighted by atomic mass is 19.1. The molecule has 0 spiro atoms. The van der Waals surface area contributed by atoms with Gasteiger partial charge in [0.05, 0.1) is 11.9 Å². The summed E-state index contributed by atoms with van der Waals surface area (Å²) in [5, 5.41) is 12.9. The summed E-state index contributed by atoms with van der Waals surface area (Å²) in [6.45, 7) is 3.43. The van der Waals surface area contributed by atoms with Crippen molar-refractivity contribution in [2.45, 2.75) is 39.1 Å². The van der Waals surface area contributed by atoms with Crippen LogP contribution in [0, 0.1) is 5.82 Å². The van der Waals surface area contributed by atoms with E-state index in [-0.39, 0.29) is 31.4 Å². The van der Waals surface area contributed by atoms with Gasteiger partial charge in [-0.05, 0) is 43.2 Å². The smallest absolute Gasteiger partial charge is 0.408 e. The molecule has 0 saturated carbocycles. The van der Waals surface area contributed by atoms with Crippen LogP contribution < -0.4 is 10.6 Å². The van der Waals surface area contributed by atoms with Crippen LogP contribution in [0.1, 0.15) is 41.4 Å². The fourth-order valence-electron chi connectivity index (χ4n) is 3.93. The standard InChI is InChI=1S/C30H30FN5O5/c1-20(2)36-27(17-33-35-36)23-13-24(15-25(31)14-23)28(37)32-16-26(29(38)40-18-21-9-5-3-6-10-21)34-30(39)41-19-22-11-7-4-8-12-22/h3-15,17,20,26H,16,18-19H2,1-2H3,(H,32,37)(H,34,39)/t26-/m1/s1. The number of rotatable bonds is 11. The van der Waals surface area contributed by atoms with E-state index >= 15 is 0 Å². The number of ether oxygens (including phenoxy) is 2. The predicted octanol–water partition coefficient (Wildman–Crippen LogP) is 4.43. The van der Waals surface area contributed by atoms with Gasteiger partial charge in [0, 0.05) is 23.7 Å². The van der Waals surface area contributed by atoms with E-state index in [0.29, 0.717) is 11.3 Å². The average Bonchev–Trinajstić information content (AvgIpc) is 3.48. The molecule has 1 aromatic heterocycles. The van der Waals surface area contributed by atoms with Gasteiger partial charge >= 0.3 is 12.1 Å². The van der Waals surface area contributed by atoms with Crippen LogP contribution in [0.25, 0.3) is 11.3 Å². The Kier molecular flexibility index (Phi) is 9.76. The molecule has 10 nitrogen and oxygen atoms in total. The molecule has 0 bridgehead atoms. The summed E-state index contributed by atoms with van der Waals surface area (Å²) in [7, 11) is 0. The first-order chi connectivity index (χ1) is 19.8. The van der Waals surface area contributed by atoms with Crippen LogP contribution >= 0.6 is 0 Å². The summed E-state index contributed by atoms with van der Waals surface area (Å²) >= 11 is 0. The van der Waals surface area contributed by atoms with Gasteiger partial charge in [0.2, 0.25) is 0 Å². The summed E-state index contributed by atoms with van der Waals surface area (Å²) in [5.41, 5.74) is 2.47. The fourth-order valence-corrected chi connectivity index (χ4v) is 3.93. The number of nitrogens with zero attached hydrogens (tertiary/aromatic N) is 3. The van der Waals surface area contributed by atoms with E-state index in [1.165, 1.54) is 18.3 Å². The van der Waals surface area contributed by atoms with E-state index in [9.17, 15) is 18.8 Å². The molecule has 1 atom stereocenters. The molecule has 41 heavy (non-hydrogen) atoms. The van der Waals surface area contributed by atoms with Crippen molar-refractivity contribution in [3.05, 3.63) is 108 Å². The zero-order valence-electron chi connectivity index (χ0n) is 22.6. The number of nitrogens with one attached hydrogen (secondary N) is 2. The SMILES string of the molecule is CC(C)n1nncc1-c1cc(F)cc(C(=O)NC[C@@H](NC(=O)OCc2ccccc2)C(=O)OCc2ccccc2)c1. The minimum Gasteiger partial charge on any atom is -0.459 e. The maximum Gasteiger partial charge on any atom is 0.408 e. The molecule has 2 N–H and O–H groups in total.